The highest BCUT2D eigenvalue weighted by molar-refractivity contribution is 6.05. The number of hydrogen-bond donors (Lipinski definition) is 1. The molecule has 0 spiro atoms. The van der Waals surface area contributed by atoms with Crippen LogP contribution in [-0.4, -0.2) is 57.7 Å². The van der Waals surface area contributed by atoms with Crippen molar-refractivity contribution in [3.8, 4) is 5.75 Å². The zero-order valence-electron chi connectivity index (χ0n) is 18.5. The van der Waals surface area contributed by atoms with Gasteiger partial charge in [-0.05, 0) is 48.7 Å². The van der Waals surface area contributed by atoms with E-state index in [1.165, 1.54) is 0 Å². The molecule has 3 aliphatic rings. The predicted molar refractivity (Wildman–Crippen MR) is 121 cm³/mol. The fourth-order valence-corrected chi connectivity index (χ4v) is 5.07. The Morgan fingerprint density at radius 2 is 2.06 bits per heavy atom. The third kappa shape index (κ3) is 3.81. The molecule has 0 radical (unpaired) electrons. The van der Waals surface area contributed by atoms with E-state index in [1.807, 2.05) is 30.3 Å². The largest absolute Gasteiger partial charge is 0.489 e. The summed E-state index contributed by atoms with van der Waals surface area (Å²) in [5.41, 5.74) is 3.09. The Hall–Kier alpha value is -3.72. The number of rotatable bonds is 5. The molecule has 5 heterocycles. The molecule has 6 rings (SSSR count). The van der Waals surface area contributed by atoms with Gasteiger partial charge >= 0.3 is 0 Å². The number of carbonyl (C=O) groups excluding carboxylic acids is 3. The number of pyridine rings is 1. The number of piperidine rings is 1. The maximum absolute atomic E-state index is 12.9. The van der Waals surface area contributed by atoms with Crippen molar-refractivity contribution >= 4 is 28.8 Å². The summed E-state index contributed by atoms with van der Waals surface area (Å²) in [5, 5.41) is 2.33. The fraction of sp³-hybridized carbons (Fsp3) is 0.360. The lowest BCUT2D eigenvalue weighted by molar-refractivity contribution is -0.136. The van der Waals surface area contributed by atoms with E-state index in [0.29, 0.717) is 25.1 Å². The molecule has 174 valence electrons. The van der Waals surface area contributed by atoms with Crippen LogP contribution >= 0.6 is 0 Å². The first-order valence-corrected chi connectivity index (χ1v) is 11.5. The first-order valence-electron chi connectivity index (χ1n) is 11.5. The molecule has 0 aliphatic carbocycles. The van der Waals surface area contributed by atoms with Crippen molar-refractivity contribution in [2.24, 2.45) is 0 Å². The third-order valence-corrected chi connectivity index (χ3v) is 6.74. The smallest absolute Gasteiger partial charge is 0.255 e. The van der Waals surface area contributed by atoms with Crippen LogP contribution in [0.15, 0.2) is 47.0 Å². The molecule has 0 bridgehead atoms. The third-order valence-electron chi connectivity index (χ3n) is 6.74. The first kappa shape index (κ1) is 20.9. The molecular weight excluding hydrogens is 436 g/mol. The lowest BCUT2D eigenvalue weighted by atomic mass is 10.0. The van der Waals surface area contributed by atoms with Crippen LogP contribution in [0.4, 0.5) is 0 Å². The Kier molecular flexibility index (Phi) is 5.06. The van der Waals surface area contributed by atoms with Crippen molar-refractivity contribution in [1.82, 2.24) is 20.1 Å². The summed E-state index contributed by atoms with van der Waals surface area (Å²) in [5.74, 6) is 0.739. The summed E-state index contributed by atoms with van der Waals surface area (Å²) in [4.78, 5) is 44.7. The molecule has 3 aliphatic heterocycles. The Morgan fingerprint density at radius 3 is 2.91 bits per heavy atom. The van der Waals surface area contributed by atoms with Crippen LogP contribution in [0, 0.1) is 0 Å². The van der Waals surface area contributed by atoms with Gasteiger partial charge in [-0.3, -0.25) is 29.6 Å². The molecule has 2 atom stereocenters. The molecule has 1 N–H and O–H groups in total. The van der Waals surface area contributed by atoms with Crippen molar-refractivity contribution in [2.75, 3.05) is 13.1 Å². The minimum atomic E-state index is -0.612. The molecule has 0 saturated carbocycles. The Morgan fingerprint density at radius 1 is 1.15 bits per heavy atom. The number of amides is 3. The average Bonchev–Trinajstić information content (AvgIpc) is 3.51. The van der Waals surface area contributed by atoms with Crippen molar-refractivity contribution in [2.45, 2.75) is 44.5 Å². The number of fused-ring (bicyclic) bond motifs is 2. The van der Waals surface area contributed by atoms with Crippen LogP contribution in [0.3, 0.4) is 0 Å². The zero-order chi connectivity index (χ0) is 23.2. The van der Waals surface area contributed by atoms with Gasteiger partial charge in [0.2, 0.25) is 11.8 Å². The van der Waals surface area contributed by atoms with Gasteiger partial charge in [0, 0.05) is 43.9 Å². The minimum absolute atomic E-state index is 0.0453. The van der Waals surface area contributed by atoms with E-state index in [0.717, 1.165) is 47.7 Å². The number of aromatic nitrogens is 1. The van der Waals surface area contributed by atoms with Gasteiger partial charge in [0.25, 0.3) is 5.91 Å². The summed E-state index contributed by atoms with van der Waals surface area (Å²) in [6, 6.07) is 10.6. The lowest BCUT2D eigenvalue weighted by Gasteiger charge is -2.29. The van der Waals surface area contributed by atoms with Crippen molar-refractivity contribution < 1.29 is 23.5 Å². The summed E-state index contributed by atoms with van der Waals surface area (Å²) >= 11 is 0. The maximum atomic E-state index is 12.9. The quantitative estimate of drug-likeness (QED) is 0.582. The normalized spacial score (nSPS) is 22.9. The number of furan rings is 1. The van der Waals surface area contributed by atoms with Crippen LogP contribution in [0.2, 0.25) is 0 Å². The van der Waals surface area contributed by atoms with E-state index in [4.69, 9.17) is 9.15 Å². The fourth-order valence-electron chi connectivity index (χ4n) is 5.07. The van der Waals surface area contributed by atoms with E-state index >= 15 is 0 Å². The van der Waals surface area contributed by atoms with Gasteiger partial charge in [0.15, 0.2) is 5.58 Å². The average molecular weight is 460 g/mol. The van der Waals surface area contributed by atoms with Gasteiger partial charge in [-0.1, -0.05) is 0 Å². The number of benzene rings is 1. The zero-order valence-corrected chi connectivity index (χ0v) is 18.5. The first-order chi connectivity index (χ1) is 16.5. The van der Waals surface area contributed by atoms with Crippen molar-refractivity contribution in [3.63, 3.8) is 0 Å². The summed E-state index contributed by atoms with van der Waals surface area (Å²) in [6.45, 7) is 2.73. The van der Waals surface area contributed by atoms with E-state index in [-0.39, 0.29) is 24.3 Å². The van der Waals surface area contributed by atoms with E-state index in [2.05, 4.69) is 15.2 Å². The van der Waals surface area contributed by atoms with Gasteiger partial charge < -0.3 is 14.1 Å². The van der Waals surface area contributed by atoms with E-state index in [9.17, 15) is 14.4 Å². The second-order valence-electron chi connectivity index (χ2n) is 9.08. The van der Waals surface area contributed by atoms with Crippen LogP contribution in [0.1, 0.15) is 40.9 Å². The molecule has 9 heteroatoms. The summed E-state index contributed by atoms with van der Waals surface area (Å²) in [7, 11) is 0. The molecular formula is C25H24N4O5. The number of ether oxygens (including phenoxy) is 1. The van der Waals surface area contributed by atoms with Crippen LogP contribution in [-0.2, 0) is 22.7 Å². The Balaban J connectivity index is 1.09. The van der Waals surface area contributed by atoms with Crippen LogP contribution < -0.4 is 10.1 Å². The summed E-state index contributed by atoms with van der Waals surface area (Å²) < 4.78 is 12.1. The number of likely N-dealkylation sites (tertiary alicyclic amines) is 1. The van der Waals surface area contributed by atoms with E-state index in [1.54, 1.807) is 17.2 Å². The summed E-state index contributed by atoms with van der Waals surface area (Å²) in [6.07, 6.45) is 3.30. The monoisotopic (exact) mass is 460 g/mol. The second-order valence-corrected chi connectivity index (χ2v) is 9.08. The van der Waals surface area contributed by atoms with Crippen LogP contribution in [0.5, 0.6) is 5.75 Å². The molecule has 3 aromatic rings. The van der Waals surface area contributed by atoms with Crippen LogP contribution in [0.25, 0.3) is 11.1 Å². The molecule has 3 amide bonds. The lowest BCUT2D eigenvalue weighted by Crippen LogP contribution is -2.52. The molecule has 1 aromatic carbocycles. The van der Waals surface area contributed by atoms with Gasteiger partial charge in [-0.2, -0.15) is 0 Å². The standard InChI is InChI=1S/C25H24N4O5/c30-23-6-5-21(24(31)27-23)29-12-15-10-16(3-4-19(15)25(29)32)33-17-7-9-28(13-17)14-18-11-20-22(34-18)2-1-8-26-20/h1-4,8,10-11,17,21H,5-7,9,12-14H2,(H,27,30,31)/t17-,21?/m0/s1. The Labute approximate surface area is 195 Å². The van der Waals surface area contributed by atoms with Crippen molar-refractivity contribution in [3.05, 3.63) is 59.5 Å². The minimum Gasteiger partial charge on any atom is -0.489 e. The number of nitrogens with zero attached hydrogens (tertiary/aromatic N) is 3. The second kappa shape index (κ2) is 8.25. The molecule has 9 nitrogen and oxygen atoms in total. The SMILES string of the molecule is O=C1CCC(N2Cc3cc(O[C@H]4CCN(Cc5cc6ncccc6o5)C4)ccc3C2=O)C(=O)N1. The molecule has 1 unspecified atom stereocenters. The van der Waals surface area contributed by atoms with Crippen molar-refractivity contribution in [1.29, 1.82) is 0 Å². The van der Waals surface area contributed by atoms with Gasteiger partial charge in [-0.25, -0.2) is 0 Å². The highest BCUT2D eigenvalue weighted by Crippen LogP contribution is 2.31. The number of imide groups is 1. The van der Waals surface area contributed by atoms with Gasteiger partial charge in [0.05, 0.1) is 6.54 Å². The molecule has 2 fully saturated rings. The van der Waals surface area contributed by atoms with Gasteiger partial charge in [0.1, 0.15) is 29.2 Å². The molecule has 2 saturated heterocycles. The number of hydrogen-bond acceptors (Lipinski definition) is 7. The Bertz CT molecular complexity index is 1270. The topological polar surface area (TPSA) is 105 Å². The highest BCUT2D eigenvalue weighted by atomic mass is 16.5. The molecule has 34 heavy (non-hydrogen) atoms. The van der Waals surface area contributed by atoms with Gasteiger partial charge in [-0.15, -0.1) is 0 Å². The number of carbonyl (C=O) groups is 3. The number of nitrogens with one attached hydrogen (secondary N) is 1. The predicted octanol–water partition coefficient (Wildman–Crippen LogP) is 2.24. The molecule has 2 aromatic heterocycles. The van der Waals surface area contributed by atoms with E-state index < -0.39 is 11.9 Å². The maximum Gasteiger partial charge on any atom is 0.255 e. The highest BCUT2D eigenvalue weighted by Gasteiger charge is 2.39.